The Balaban J connectivity index is 2.30. The summed E-state index contributed by atoms with van der Waals surface area (Å²) >= 11 is 0. The second-order valence-electron chi connectivity index (χ2n) is 2.70. The monoisotopic (exact) mass is 113 g/mol. The fourth-order valence-electron chi connectivity index (χ4n) is 1.47. The topological polar surface area (TPSA) is 12.0 Å². The van der Waals surface area contributed by atoms with Crippen molar-refractivity contribution in [2.45, 2.75) is 32.7 Å². The van der Waals surface area contributed by atoms with Gasteiger partial charge in [0.25, 0.3) is 0 Å². The lowest BCUT2D eigenvalue weighted by Gasteiger charge is -2.10. The first-order chi connectivity index (χ1) is 3.84. The van der Waals surface area contributed by atoms with Crippen LogP contribution in [0.15, 0.2) is 0 Å². The molecule has 1 heteroatoms. The largest absolute Gasteiger partial charge is 0.314 e. The molecule has 1 N–H and O–H groups in total. The minimum absolute atomic E-state index is 0.778. The maximum atomic E-state index is 3.42. The maximum absolute atomic E-state index is 3.42. The molecule has 1 nitrogen and oxygen atoms in total. The van der Waals surface area contributed by atoms with Gasteiger partial charge in [-0.1, -0.05) is 13.3 Å². The van der Waals surface area contributed by atoms with Crippen LogP contribution in [-0.2, 0) is 0 Å². The lowest BCUT2D eigenvalue weighted by atomic mass is 10.00. The quantitative estimate of drug-likeness (QED) is 0.542. The Morgan fingerprint density at radius 1 is 1.62 bits per heavy atom. The van der Waals surface area contributed by atoms with Gasteiger partial charge in [-0.15, -0.1) is 0 Å². The van der Waals surface area contributed by atoms with Crippen LogP contribution >= 0.6 is 0 Å². The zero-order valence-corrected chi connectivity index (χ0v) is 5.78. The summed E-state index contributed by atoms with van der Waals surface area (Å²) in [6.45, 7) is 5.79. The Labute approximate surface area is 51.5 Å². The van der Waals surface area contributed by atoms with Crippen LogP contribution in [0.1, 0.15) is 26.7 Å². The third-order valence-electron chi connectivity index (χ3n) is 2.21. The standard InChI is InChI=1S/C7H15N/c1-3-7-4-5-8-6(7)2/h6-8H,3-5H2,1-2H3. The van der Waals surface area contributed by atoms with Crippen LogP contribution in [0.2, 0.25) is 0 Å². The van der Waals surface area contributed by atoms with E-state index < -0.39 is 0 Å². The van der Waals surface area contributed by atoms with Gasteiger partial charge in [0.05, 0.1) is 0 Å². The molecule has 0 aromatic rings. The van der Waals surface area contributed by atoms with Crippen LogP contribution in [0.3, 0.4) is 0 Å². The normalized spacial score (nSPS) is 38.2. The fraction of sp³-hybridized carbons (Fsp3) is 1.00. The average Bonchev–Trinajstić information content (AvgIpc) is 2.14. The molecule has 0 bridgehead atoms. The molecule has 0 aromatic heterocycles. The lowest BCUT2D eigenvalue weighted by molar-refractivity contribution is 0.463. The molecule has 2 unspecified atom stereocenters. The van der Waals surface area contributed by atoms with E-state index in [2.05, 4.69) is 19.2 Å². The SMILES string of the molecule is CCC1CCNC1C. The molecule has 1 fully saturated rings. The van der Waals surface area contributed by atoms with E-state index in [0.29, 0.717) is 0 Å². The van der Waals surface area contributed by atoms with Gasteiger partial charge in [0, 0.05) is 6.04 Å². The molecule has 0 spiro atoms. The molecule has 1 saturated heterocycles. The van der Waals surface area contributed by atoms with E-state index in [1.54, 1.807) is 0 Å². The zero-order chi connectivity index (χ0) is 5.98. The fourth-order valence-corrected chi connectivity index (χ4v) is 1.47. The van der Waals surface area contributed by atoms with E-state index in [1.165, 1.54) is 19.4 Å². The van der Waals surface area contributed by atoms with Gasteiger partial charge in [-0.25, -0.2) is 0 Å². The van der Waals surface area contributed by atoms with E-state index >= 15 is 0 Å². The van der Waals surface area contributed by atoms with Gasteiger partial charge in [-0.2, -0.15) is 0 Å². The summed E-state index contributed by atoms with van der Waals surface area (Å²) in [5.74, 6) is 0.954. The van der Waals surface area contributed by atoms with Crippen molar-refractivity contribution in [3.63, 3.8) is 0 Å². The van der Waals surface area contributed by atoms with Gasteiger partial charge in [0.15, 0.2) is 0 Å². The van der Waals surface area contributed by atoms with Crippen molar-refractivity contribution in [2.75, 3.05) is 6.54 Å². The molecule has 0 aliphatic carbocycles. The first kappa shape index (κ1) is 6.09. The van der Waals surface area contributed by atoms with E-state index in [9.17, 15) is 0 Å². The molecule has 2 atom stereocenters. The molecule has 1 aliphatic rings. The summed E-state index contributed by atoms with van der Waals surface area (Å²) in [7, 11) is 0. The average molecular weight is 113 g/mol. The third kappa shape index (κ3) is 1.03. The summed E-state index contributed by atoms with van der Waals surface area (Å²) in [4.78, 5) is 0. The summed E-state index contributed by atoms with van der Waals surface area (Å²) < 4.78 is 0. The number of hydrogen-bond donors (Lipinski definition) is 1. The minimum atomic E-state index is 0.778. The summed E-state index contributed by atoms with van der Waals surface area (Å²) in [6.07, 6.45) is 2.73. The van der Waals surface area contributed by atoms with Gasteiger partial charge in [0.2, 0.25) is 0 Å². The zero-order valence-electron chi connectivity index (χ0n) is 5.78. The van der Waals surface area contributed by atoms with Crippen molar-refractivity contribution >= 4 is 0 Å². The predicted molar refractivity (Wildman–Crippen MR) is 35.9 cm³/mol. The molecule has 1 heterocycles. The molecule has 8 heavy (non-hydrogen) atoms. The highest BCUT2D eigenvalue weighted by Gasteiger charge is 2.19. The van der Waals surface area contributed by atoms with Crippen LogP contribution in [-0.4, -0.2) is 12.6 Å². The van der Waals surface area contributed by atoms with E-state index in [0.717, 1.165) is 12.0 Å². The Bertz CT molecular complexity index is 70.8. The minimum Gasteiger partial charge on any atom is -0.314 e. The number of rotatable bonds is 1. The van der Waals surface area contributed by atoms with E-state index in [4.69, 9.17) is 0 Å². The second kappa shape index (κ2) is 2.49. The number of hydrogen-bond acceptors (Lipinski definition) is 1. The molecular weight excluding hydrogens is 98.1 g/mol. The summed E-state index contributed by atoms with van der Waals surface area (Å²) in [6, 6.07) is 0.778. The van der Waals surface area contributed by atoms with Gasteiger partial charge >= 0.3 is 0 Å². The Morgan fingerprint density at radius 3 is 2.62 bits per heavy atom. The van der Waals surface area contributed by atoms with Gasteiger partial charge in [-0.3, -0.25) is 0 Å². The van der Waals surface area contributed by atoms with Crippen molar-refractivity contribution in [1.29, 1.82) is 0 Å². The van der Waals surface area contributed by atoms with Crippen molar-refractivity contribution in [3.05, 3.63) is 0 Å². The number of nitrogens with one attached hydrogen (secondary N) is 1. The van der Waals surface area contributed by atoms with Gasteiger partial charge in [0.1, 0.15) is 0 Å². The molecule has 1 rings (SSSR count). The summed E-state index contributed by atoms with van der Waals surface area (Å²) in [5, 5.41) is 3.42. The van der Waals surface area contributed by atoms with Gasteiger partial charge in [-0.05, 0) is 25.8 Å². The molecule has 0 saturated carbocycles. The molecule has 1 aliphatic heterocycles. The molecule has 48 valence electrons. The van der Waals surface area contributed by atoms with Crippen molar-refractivity contribution in [3.8, 4) is 0 Å². The smallest absolute Gasteiger partial charge is 0.00673 e. The van der Waals surface area contributed by atoms with Crippen LogP contribution in [0.5, 0.6) is 0 Å². The first-order valence-corrected chi connectivity index (χ1v) is 3.58. The summed E-state index contributed by atoms with van der Waals surface area (Å²) in [5.41, 5.74) is 0. The van der Waals surface area contributed by atoms with Crippen LogP contribution in [0.4, 0.5) is 0 Å². The van der Waals surface area contributed by atoms with E-state index in [-0.39, 0.29) is 0 Å². The molecule has 0 amide bonds. The van der Waals surface area contributed by atoms with Crippen LogP contribution in [0, 0.1) is 5.92 Å². The maximum Gasteiger partial charge on any atom is 0.00673 e. The van der Waals surface area contributed by atoms with Crippen molar-refractivity contribution < 1.29 is 0 Å². The third-order valence-corrected chi connectivity index (χ3v) is 2.21. The highest BCUT2D eigenvalue weighted by molar-refractivity contribution is 4.78. The highest BCUT2D eigenvalue weighted by atomic mass is 14.9. The Kier molecular flexibility index (Phi) is 1.90. The van der Waals surface area contributed by atoms with Crippen molar-refractivity contribution in [1.82, 2.24) is 5.32 Å². The predicted octanol–water partition coefficient (Wildman–Crippen LogP) is 1.39. The first-order valence-electron chi connectivity index (χ1n) is 3.58. The second-order valence-corrected chi connectivity index (χ2v) is 2.70. The van der Waals surface area contributed by atoms with Gasteiger partial charge < -0.3 is 5.32 Å². The molecular formula is C7H15N. The van der Waals surface area contributed by atoms with E-state index in [1.807, 2.05) is 0 Å². The van der Waals surface area contributed by atoms with Crippen LogP contribution in [0.25, 0.3) is 0 Å². The Hall–Kier alpha value is -0.0400. The lowest BCUT2D eigenvalue weighted by Crippen LogP contribution is -2.22. The molecule has 0 radical (unpaired) electrons. The Morgan fingerprint density at radius 2 is 2.38 bits per heavy atom. The van der Waals surface area contributed by atoms with Crippen molar-refractivity contribution in [2.24, 2.45) is 5.92 Å². The molecule has 0 aromatic carbocycles. The van der Waals surface area contributed by atoms with Crippen LogP contribution < -0.4 is 5.32 Å². The highest BCUT2D eigenvalue weighted by Crippen LogP contribution is 2.17.